The summed E-state index contributed by atoms with van der Waals surface area (Å²) in [4.78, 5) is 5.90. The molecule has 2 fully saturated rings. The fourth-order valence-corrected chi connectivity index (χ4v) is 2.02. The molecule has 0 aromatic rings. The largest absolute Gasteiger partial charge is 0.393 e. The Balaban J connectivity index is 2.00. The molecule has 1 aliphatic heterocycles. The third kappa shape index (κ3) is 3.24. The van der Waals surface area contributed by atoms with Crippen molar-refractivity contribution in [3.8, 4) is 0 Å². The first-order chi connectivity index (χ1) is 8.00. The molecule has 3 N–H and O–H groups in total. The first kappa shape index (κ1) is 12.5. The van der Waals surface area contributed by atoms with Crippen molar-refractivity contribution in [3.05, 3.63) is 0 Å². The van der Waals surface area contributed by atoms with Crippen molar-refractivity contribution in [3.63, 3.8) is 0 Å². The molecule has 1 atom stereocenters. The highest BCUT2D eigenvalue weighted by Gasteiger charge is 2.42. The predicted molar refractivity (Wildman–Crippen MR) is 58.1 cm³/mol. The maximum absolute atomic E-state index is 12.6. The minimum absolute atomic E-state index is 0.0424. The second kappa shape index (κ2) is 4.72. The lowest BCUT2D eigenvalue weighted by molar-refractivity contribution is -0.183. The summed E-state index contributed by atoms with van der Waals surface area (Å²) in [5.41, 5.74) is 2.42. The average Bonchev–Trinajstić information content (AvgIpc) is 3.09. The van der Waals surface area contributed by atoms with Crippen LogP contribution in [-0.4, -0.2) is 36.2 Å². The molecule has 1 saturated carbocycles. The molecule has 0 aromatic carbocycles. The van der Waals surface area contributed by atoms with Gasteiger partial charge >= 0.3 is 6.18 Å². The van der Waals surface area contributed by atoms with Crippen molar-refractivity contribution in [2.24, 2.45) is 16.8 Å². The third-order valence-electron chi connectivity index (χ3n) is 3.16. The van der Waals surface area contributed by atoms with E-state index in [4.69, 9.17) is 5.84 Å². The van der Waals surface area contributed by atoms with Crippen molar-refractivity contribution >= 4 is 5.96 Å². The van der Waals surface area contributed by atoms with E-state index in [1.807, 2.05) is 0 Å². The van der Waals surface area contributed by atoms with E-state index in [0.29, 0.717) is 18.9 Å². The Hall–Kier alpha value is -0.980. The number of nitrogens with two attached hydrogens (primary N) is 1. The zero-order chi connectivity index (χ0) is 12.5. The summed E-state index contributed by atoms with van der Waals surface area (Å²) in [5, 5.41) is 0. The number of hydrazine groups is 1. The summed E-state index contributed by atoms with van der Waals surface area (Å²) >= 11 is 0. The van der Waals surface area contributed by atoms with Crippen LogP contribution in [0, 0.1) is 5.92 Å². The molecule has 4 nitrogen and oxygen atoms in total. The third-order valence-corrected chi connectivity index (χ3v) is 3.16. The SMILES string of the molecule is NNC(=NC1CC1)N1CCCC(C(F)(F)F)C1. The molecule has 1 aliphatic carbocycles. The lowest BCUT2D eigenvalue weighted by Gasteiger charge is -2.35. The van der Waals surface area contributed by atoms with Crippen LogP contribution in [0.5, 0.6) is 0 Å². The Kier molecular flexibility index (Phi) is 3.46. The van der Waals surface area contributed by atoms with Gasteiger partial charge < -0.3 is 4.90 Å². The first-order valence-corrected chi connectivity index (χ1v) is 5.87. The maximum Gasteiger partial charge on any atom is 0.393 e. The molecule has 17 heavy (non-hydrogen) atoms. The van der Waals surface area contributed by atoms with Crippen LogP contribution in [0.4, 0.5) is 13.2 Å². The van der Waals surface area contributed by atoms with E-state index in [1.54, 1.807) is 4.90 Å². The number of halogens is 3. The minimum Gasteiger partial charge on any atom is -0.341 e. The second-order valence-corrected chi connectivity index (χ2v) is 4.65. The maximum atomic E-state index is 12.6. The summed E-state index contributed by atoms with van der Waals surface area (Å²) < 4.78 is 37.9. The van der Waals surface area contributed by atoms with Crippen molar-refractivity contribution in [1.29, 1.82) is 0 Å². The van der Waals surface area contributed by atoms with Crippen molar-refractivity contribution < 1.29 is 13.2 Å². The molecular weight excluding hydrogens is 233 g/mol. The lowest BCUT2D eigenvalue weighted by Crippen LogP contribution is -2.51. The Morgan fingerprint density at radius 1 is 1.29 bits per heavy atom. The van der Waals surface area contributed by atoms with Gasteiger partial charge in [0.25, 0.3) is 0 Å². The molecule has 1 unspecified atom stereocenters. The molecule has 98 valence electrons. The summed E-state index contributed by atoms with van der Waals surface area (Å²) in [6.45, 7) is 0.543. The Bertz CT molecular complexity index is 298. The standard InChI is InChI=1S/C10H17F3N4/c11-10(12,13)7-2-1-5-17(6-7)9(16-14)15-8-3-4-8/h7-8H,1-6,14H2,(H,15,16). The highest BCUT2D eigenvalue weighted by molar-refractivity contribution is 5.79. The van der Waals surface area contributed by atoms with Gasteiger partial charge in [-0.3, -0.25) is 5.43 Å². The number of alkyl halides is 3. The van der Waals surface area contributed by atoms with Crippen LogP contribution in [0.2, 0.25) is 0 Å². The summed E-state index contributed by atoms with van der Waals surface area (Å²) in [6.07, 6.45) is -1.40. The van der Waals surface area contributed by atoms with E-state index >= 15 is 0 Å². The van der Waals surface area contributed by atoms with Gasteiger partial charge in [-0.05, 0) is 25.7 Å². The molecule has 0 aromatic heterocycles. The van der Waals surface area contributed by atoms with Crippen LogP contribution < -0.4 is 11.3 Å². The summed E-state index contributed by atoms with van der Waals surface area (Å²) in [7, 11) is 0. The topological polar surface area (TPSA) is 53.6 Å². The van der Waals surface area contributed by atoms with Crippen molar-refractivity contribution in [1.82, 2.24) is 10.3 Å². The molecule has 0 amide bonds. The van der Waals surface area contributed by atoms with E-state index in [-0.39, 0.29) is 19.0 Å². The van der Waals surface area contributed by atoms with E-state index in [2.05, 4.69) is 10.4 Å². The Morgan fingerprint density at radius 2 is 2.00 bits per heavy atom. The van der Waals surface area contributed by atoms with Crippen LogP contribution in [-0.2, 0) is 0 Å². The number of aliphatic imine (C=N–C) groups is 1. The molecule has 0 spiro atoms. The zero-order valence-electron chi connectivity index (χ0n) is 9.50. The highest BCUT2D eigenvalue weighted by Crippen LogP contribution is 2.33. The highest BCUT2D eigenvalue weighted by atomic mass is 19.4. The fraction of sp³-hybridized carbons (Fsp3) is 0.900. The molecule has 7 heteroatoms. The van der Waals surface area contributed by atoms with Gasteiger partial charge in [-0.1, -0.05) is 0 Å². The number of rotatable bonds is 1. The van der Waals surface area contributed by atoms with Crippen LogP contribution in [0.3, 0.4) is 0 Å². The zero-order valence-corrected chi connectivity index (χ0v) is 9.50. The molecule has 2 rings (SSSR count). The van der Waals surface area contributed by atoms with E-state index in [9.17, 15) is 13.2 Å². The smallest absolute Gasteiger partial charge is 0.341 e. The Morgan fingerprint density at radius 3 is 2.53 bits per heavy atom. The minimum atomic E-state index is -4.13. The van der Waals surface area contributed by atoms with Crippen LogP contribution in [0.15, 0.2) is 4.99 Å². The van der Waals surface area contributed by atoms with Crippen LogP contribution in [0.25, 0.3) is 0 Å². The molecular formula is C10H17F3N4. The van der Waals surface area contributed by atoms with Gasteiger partial charge in [0.05, 0.1) is 12.0 Å². The number of nitrogens with zero attached hydrogens (tertiary/aromatic N) is 2. The molecule has 2 aliphatic rings. The van der Waals surface area contributed by atoms with E-state index < -0.39 is 12.1 Å². The number of nitrogens with one attached hydrogen (secondary N) is 1. The summed E-state index contributed by atoms with van der Waals surface area (Å²) in [5.74, 6) is 4.47. The summed E-state index contributed by atoms with van der Waals surface area (Å²) in [6, 6.07) is 0.243. The van der Waals surface area contributed by atoms with Gasteiger partial charge in [-0.15, -0.1) is 0 Å². The number of piperidine rings is 1. The monoisotopic (exact) mass is 250 g/mol. The second-order valence-electron chi connectivity index (χ2n) is 4.65. The normalized spacial score (nSPS) is 27.2. The first-order valence-electron chi connectivity index (χ1n) is 5.87. The average molecular weight is 250 g/mol. The number of likely N-dealkylation sites (tertiary alicyclic amines) is 1. The fourth-order valence-electron chi connectivity index (χ4n) is 2.02. The molecule has 0 radical (unpaired) electrons. The van der Waals surface area contributed by atoms with Gasteiger partial charge in [0.1, 0.15) is 0 Å². The van der Waals surface area contributed by atoms with Gasteiger partial charge in [0.15, 0.2) is 0 Å². The van der Waals surface area contributed by atoms with Crippen LogP contribution >= 0.6 is 0 Å². The van der Waals surface area contributed by atoms with Crippen LogP contribution in [0.1, 0.15) is 25.7 Å². The van der Waals surface area contributed by atoms with Gasteiger partial charge in [-0.2, -0.15) is 13.2 Å². The van der Waals surface area contributed by atoms with E-state index in [1.165, 1.54) is 0 Å². The predicted octanol–water partition coefficient (Wildman–Crippen LogP) is 1.24. The van der Waals surface area contributed by atoms with Gasteiger partial charge in [0, 0.05) is 13.1 Å². The van der Waals surface area contributed by atoms with E-state index in [0.717, 1.165) is 12.8 Å². The quantitative estimate of drug-likeness (QED) is 0.319. The van der Waals surface area contributed by atoms with Gasteiger partial charge in [-0.25, -0.2) is 10.8 Å². The Labute approximate surface area is 98.0 Å². The molecule has 0 bridgehead atoms. The lowest BCUT2D eigenvalue weighted by atomic mass is 9.98. The van der Waals surface area contributed by atoms with Crippen molar-refractivity contribution in [2.75, 3.05) is 13.1 Å². The number of hydrogen-bond acceptors (Lipinski definition) is 2. The van der Waals surface area contributed by atoms with Gasteiger partial charge in [0.2, 0.25) is 5.96 Å². The number of guanidine groups is 1. The number of hydrogen-bond donors (Lipinski definition) is 2. The molecule has 1 saturated heterocycles. The molecule has 1 heterocycles. The van der Waals surface area contributed by atoms with Crippen molar-refractivity contribution in [2.45, 2.75) is 37.9 Å².